The smallest absolute Gasteiger partial charge is 0.169 e. The van der Waals surface area contributed by atoms with Gasteiger partial charge in [0, 0.05) is 12.1 Å². The number of aromatic nitrogens is 2. The first-order chi connectivity index (χ1) is 8.67. The Balaban J connectivity index is 2.47. The molecule has 0 bridgehead atoms. The summed E-state index contributed by atoms with van der Waals surface area (Å²) in [7, 11) is 1.64. The van der Waals surface area contributed by atoms with E-state index in [-0.39, 0.29) is 0 Å². The number of aryl methyl sites for hydroxylation is 1. The number of methoxy groups -OCH3 is 1. The summed E-state index contributed by atoms with van der Waals surface area (Å²) in [5.41, 5.74) is 14.2. The Kier molecular flexibility index (Phi) is 3.41. The average Bonchev–Trinajstić information content (AvgIpc) is 2.66. The van der Waals surface area contributed by atoms with Crippen molar-refractivity contribution in [2.45, 2.75) is 19.9 Å². The zero-order valence-electron chi connectivity index (χ0n) is 10.7. The van der Waals surface area contributed by atoms with Crippen molar-refractivity contribution in [1.82, 2.24) is 9.78 Å². The van der Waals surface area contributed by atoms with Gasteiger partial charge in [0.25, 0.3) is 0 Å². The molecule has 1 aromatic carbocycles. The van der Waals surface area contributed by atoms with Gasteiger partial charge in [-0.25, -0.2) is 0 Å². The Morgan fingerprint density at radius 3 is 2.44 bits per heavy atom. The summed E-state index contributed by atoms with van der Waals surface area (Å²) in [5, 5.41) is 4.26. The molecular formula is C13H18N4O. The van der Waals surface area contributed by atoms with Gasteiger partial charge in [0.2, 0.25) is 0 Å². The highest BCUT2D eigenvalue weighted by Crippen LogP contribution is 2.31. The number of nitrogens with two attached hydrogens (primary N) is 2. The molecule has 0 aliphatic heterocycles. The van der Waals surface area contributed by atoms with E-state index in [2.05, 4.69) is 12.0 Å². The van der Waals surface area contributed by atoms with Crippen molar-refractivity contribution in [3.8, 4) is 17.0 Å². The summed E-state index contributed by atoms with van der Waals surface area (Å²) in [5.74, 6) is 1.20. The molecule has 5 heteroatoms. The molecule has 4 N–H and O–H groups in total. The maximum Gasteiger partial charge on any atom is 0.169 e. The van der Waals surface area contributed by atoms with Crippen LogP contribution in [0.15, 0.2) is 24.3 Å². The minimum absolute atomic E-state index is 0.384. The van der Waals surface area contributed by atoms with Crippen LogP contribution >= 0.6 is 0 Å². The van der Waals surface area contributed by atoms with Crippen LogP contribution in [0.1, 0.15) is 13.3 Å². The van der Waals surface area contributed by atoms with Gasteiger partial charge in [0.05, 0.1) is 12.8 Å². The second kappa shape index (κ2) is 5.00. The number of nitrogen functional groups attached to an aromatic ring is 2. The Morgan fingerprint density at radius 1 is 1.22 bits per heavy atom. The summed E-state index contributed by atoms with van der Waals surface area (Å²) in [6.07, 6.45) is 0.976. The molecule has 2 rings (SSSR count). The number of anilines is 2. The average molecular weight is 246 g/mol. The van der Waals surface area contributed by atoms with E-state index in [4.69, 9.17) is 16.2 Å². The van der Waals surface area contributed by atoms with E-state index >= 15 is 0 Å². The van der Waals surface area contributed by atoms with Crippen LogP contribution in [0.2, 0.25) is 0 Å². The molecule has 0 spiro atoms. The number of hydrogen-bond acceptors (Lipinski definition) is 4. The van der Waals surface area contributed by atoms with Crippen LogP contribution in [-0.2, 0) is 6.54 Å². The molecule has 0 saturated carbocycles. The van der Waals surface area contributed by atoms with Crippen molar-refractivity contribution in [3.05, 3.63) is 24.3 Å². The molecule has 0 unspecified atom stereocenters. The number of hydrogen-bond donors (Lipinski definition) is 2. The highest BCUT2D eigenvalue weighted by atomic mass is 16.5. The molecule has 5 nitrogen and oxygen atoms in total. The third-order valence-electron chi connectivity index (χ3n) is 2.82. The SMILES string of the molecule is CCCn1nc(N)c(N)c1-c1ccc(OC)cc1. The van der Waals surface area contributed by atoms with Crippen LogP contribution < -0.4 is 16.2 Å². The lowest BCUT2D eigenvalue weighted by Gasteiger charge is -2.08. The van der Waals surface area contributed by atoms with Crippen LogP contribution in [0.4, 0.5) is 11.5 Å². The van der Waals surface area contributed by atoms with Crippen LogP contribution in [0.5, 0.6) is 5.75 Å². The Labute approximate surface area is 106 Å². The zero-order valence-corrected chi connectivity index (χ0v) is 10.7. The van der Waals surface area contributed by atoms with E-state index in [1.807, 2.05) is 28.9 Å². The predicted molar refractivity (Wildman–Crippen MR) is 73.3 cm³/mol. The molecule has 0 saturated heterocycles. The molecule has 18 heavy (non-hydrogen) atoms. The van der Waals surface area contributed by atoms with Crippen LogP contribution in [0.3, 0.4) is 0 Å². The quantitative estimate of drug-likeness (QED) is 0.866. The van der Waals surface area contributed by atoms with Crippen LogP contribution in [0, 0.1) is 0 Å². The molecule has 0 amide bonds. The predicted octanol–water partition coefficient (Wildman–Crippen LogP) is 2.13. The molecule has 96 valence electrons. The Morgan fingerprint density at radius 2 is 1.89 bits per heavy atom. The summed E-state index contributed by atoms with van der Waals surface area (Å²) < 4.78 is 6.99. The maximum absolute atomic E-state index is 6.00. The monoisotopic (exact) mass is 246 g/mol. The molecule has 1 heterocycles. The minimum atomic E-state index is 0.384. The van der Waals surface area contributed by atoms with Crippen molar-refractivity contribution in [1.29, 1.82) is 0 Å². The lowest BCUT2D eigenvalue weighted by atomic mass is 10.1. The first kappa shape index (κ1) is 12.3. The van der Waals surface area contributed by atoms with Crippen LogP contribution in [-0.4, -0.2) is 16.9 Å². The van der Waals surface area contributed by atoms with E-state index in [0.29, 0.717) is 11.5 Å². The molecule has 0 aliphatic carbocycles. The zero-order chi connectivity index (χ0) is 13.1. The second-order valence-corrected chi connectivity index (χ2v) is 4.10. The lowest BCUT2D eigenvalue weighted by Crippen LogP contribution is -2.02. The molecule has 0 aliphatic rings. The van der Waals surface area contributed by atoms with Gasteiger partial charge >= 0.3 is 0 Å². The van der Waals surface area contributed by atoms with Gasteiger partial charge in [-0.05, 0) is 30.7 Å². The van der Waals surface area contributed by atoms with Gasteiger partial charge in [-0.1, -0.05) is 6.92 Å². The Bertz CT molecular complexity index is 531. The first-order valence-corrected chi connectivity index (χ1v) is 5.93. The van der Waals surface area contributed by atoms with Gasteiger partial charge < -0.3 is 16.2 Å². The van der Waals surface area contributed by atoms with Crippen molar-refractivity contribution in [2.75, 3.05) is 18.6 Å². The second-order valence-electron chi connectivity index (χ2n) is 4.10. The Hall–Kier alpha value is -2.17. The number of benzene rings is 1. The van der Waals surface area contributed by atoms with E-state index in [9.17, 15) is 0 Å². The summed E-state index contributed by atoms with van der Waals surface area (Å²) >= 11 is 0. The highest BCUT2D eigenvalue weighted by Gasteiger charge is 2.14. The number of nitrogens with zero attached hydrogens (tertiary/aromatic N) is 2. The van der Waals surface area contributed by atoms with Crippen molar-refractivity contribution in [2.24, 2.45) is 0 Å². The lowest BCUT2D eigenvalue weighted by molar-refractivity contribution is 0.415. The van der Waals surface area contributed by atoms with E-state index in [0.717, 1.165) is 30.0 Å². The van der Waals surface area contributed by atoms with Crippen molar-refractivity contribution in [3.63, 3.8) is 0 Å². The first-order valence-electron chi connectivity index (χ1n) is 5.93. The molecule has 2 aromatic rings. The minimum Gasteiger partial charge on any atom is -0.497 e. The van der Waals surface area contributed by atoms with Gasteiger partial charge in [0.1, 0.15) is 11.4 Å². The summed E-state index contributed by atoms with van der Waals surface area (Å²) in [6.45, 7) is 2.88. The third-order valence-corrected chi connectivity index (χ3v) is 2.82. The van der Waals surface area contributed by atoms with E-state index in [1.165, 1.54) is 0 Å². The fourth-order valence-corrected chi connectivity index (χ4v) is 1.92. The van der Waals surface area contributed by atoms with E-state index in [1.54, 1.807) is 7.11 Å². The van der Waals surface area contributed by atoms with Gasteiger partial charge in [-0.15, -0.1) is 0 Å². The number of rotatable bonds is 4. The normalized spacial score (nSPS) is 10.6. The maximum atomic E-state index is 6.00. The molecule has 0 radical (unpaired) electrons. The van der Waals surface area contributed by atoms with E-state index < -0.39 is 0 Å². The fourth-order valence-electron chi connectivity index (χ4n) is 1.92. The standard InChI is InChI=1S/C13H18N4O/c1-3-8-17-12(11(14)13(15)16-17)9-4-6-10(18-2)7-5-9/h4-7H,3,8,14H2,1-2H3,(H2,15,16). The summed E-state index contributed by atoms with van der Waals surface area (Å²) in [4.78, 5) is 0. The van der Waals surface area contributed by atoms with Crippen molar-refractivity contribution >= 4 is 11.5 Å². The topological polar surface area (TPSA) is 79.1 Å². The third kappa shape index (κ3) is 2.11. The molecule has 1 aromatic heterocycles. The molecular weight excluding hydrogens is 228 g/mol. The number of ether oxygens (including phenoxy) is 1. The summed E-state index contributed by atoms with van der Waals surface area (Å²) in [6, 6.07) is 7.71. The van der Waals surface area contributed by atoms with Crippen LogP contribution in [0.25, 0.3) is 11.3 Å². The van der Waals surface area contributed by atoms with Gasteiger partial charge in [-0.3, -0.25) is 4.68 Å². The largest absolute Gasteiger partial charge is 0.497 e. The molecule has 0 fully saturated rings. The fraction of sp³-hybridized carbons (Fsp3) is 0.308. The highest BCUT2D eigenvalue weighted by molar-refractivity contribution is 5.80. The van der Waals surface area contributed by atoms with Gasteiger partial charge in [0.15, 0.2) is 5.82 Å². The van der Waals surface area contributed by atoms with Crippen molar-refractivity contribution < 1.29 is 4.74 Å². The van der Waals surface area contributed by atoms with Gasteiger partial charge in [-0.2, -0.15) is 5.10 Å². The molecule has 0 atom stereocenters.